The van der Waals surface area contributed by atoms with Crippen molar-refractivity contribution in [3.8, 4) is 11.5 Å². The number of halogens is 4. The fourth-order valence-corrected chi connectivity index (χ4v) is 5.05. The molecule has 0 aliphatic heterocycles. The highest BCUT2D eigenvalue weighted by Gasteiger charge is 2.35. The molecule has 0 fully saturated rings. The van der Waals surface area contributed by atoms with Crippen LogP contribution in [0.15, 0.2) is 65.6 Å². The molecule has 3 aromatic carbocycles. The molecule has 1 amide bonds. The molecule has 0 aromatic heterocycles. The Bertz CT molecular complexity index is 1380. The Kier molecular flexibility index (Phi) is 8.60. The highest BCUT2D eigenvalue weighted by atomic mass is 35.5. The maximum atomic E-state index is 13.5. The van der Waals surface area contributed by atoms with E-state index in [1.54, 1.807) is 37.3 Å². The van der Waals surface area contributed by atoms with Gasteiger partial charge in [0.05, 0.1) is 35.4 Å². The van der Waals surface area contributed by atoms with E-state index in [2.05, 4.69) is 5.32 Å². The Morgan fingerprint density at radius 2 is 1.62 bits per heavy atom. The summed E-state index contributed by atoms with van der Waals surface area (Å²) in [5, 5.41) is 1.99. The summed E-state index contributed by atoms with van der Waals surface area (Å²) in [5.74, 6) is 0.170. The van der Waals surface area contributed by atoms with Crippen molar-refractivity contribution in [2.45, 2.75) is 24.5 Å². The molecule has 0 bridgehead atoms. The Morgan fingerprint density at radius 1 is 0.973 bits per heavy atom. The molecule has 1 N–H and O–H groups in total. The summed E-state index contributed by atoms with van der Waals surface area (Å²) in [7, 11) is -1.49. The summed E-state index contributed by atoms with van der Waals surface area (Å²) in [4.78, 5) is 12.7. The van der Waals surface area contributed by atoms with E-state index in [-0.39, 0.29) is 17.1 Å². The molecule has 3 rings (SSSR count). The van der Waals surface area contributed by atoms with Crippen LogP contribution in [0.5, 0.6) is 11.5 Å². The zero-order valence-corrected chi connectivity index (χ0v) is 21.7. The van der Waals surface area contributed by atoms with Crippen LogP contribution in [0.2, 0.25) is 5.02 Å². The summed E-state index contributed by atoms with van der Waals surface area (Å²) in [6.45, 7) is 0.985. The second kappa shape index (κ2) is 11.3. The molecule has 0 spiro atoms. The number of benzene rings is 3. The van der Waals surface area contributed by atoms with E-state index < -0.39 is 39.2 Å². The number of sulfonamides is 1. The van der Waals surface area contributed by atoms with Crippen LogP contribution in [0.3, 0.4) is 0 Å². The van der Waals surface area contributed by atoms with E-state index in [9.17, 15) is 26.4 Å². The topological polar surface area (TPSA) is 84.9 Å². The molecule has 7 nitrogen and oxygen atoms in total. The van der Waals surface area contributed by atoms with Gasteiger partial charge in [0.25, 0.3) is 10.0 Å². The number of rotatable bonds is 9. The van der Waals surface area contributed by atoms with Gasteiger partial charge >= 0.3 is 6.18 Å². The molecule has 37 heavy (non-hydrogen) atoms. The number of methoxy groups -OCH3 is 2. The van der Waals surface area contributed by atoms with Crippen LogP contribution >= 0.6 is 11.6 Å². The number of carbonyl (C=O) groups excluding carboxylic acids is 1. The number of carbonyl (C=O) groups is 1. The number of aryl methyl sites for hydroxylation is 1. The highest BCUT2D eigenvalue weighted by Crippen LogP contribution is 2.38. The third-order valence-electron chi connectivity index (χ3n) is 5.38. The van der Waals surface area contributed by atoms with Crippen molar-refractivity contribution in [2.75, 3.05) is 25.1 Å². The largest absolute Gasteiger partial charge is 0.493 e. The van der Waals surface area contributed by atoms with E-state index in [0.29, 0.717) is 27.4 Å². The lowest BCUT2D eigenvalue weighted by molar-refractivity contribution is -0.137. The summed E-state index contributed by atoms with van der Waals surface area (Å²) in [6, 6.07) is 13.3. The molecule has 0 aliphatic rings. The van der Waals surface area contributed by atoms with Gasteiger partial charge in [-0.3, -0.25) is 9.10 Å². The second-order valence-corrected chi connectivity index (χ2v) is 10.2. The number of nitrogens with zero attached hydrogens (tertiary/aromatic N) is 1. The standard InChI is InChI=1S/C25H24ClF3N2O5S/c1-16-4-8-19(9-5-16)37(33,34)31(18-7-10-21(26)20(13-18)25(27,28)29)15-24(32)30-14-17-6-11-22(35-2)23(12-17)36-3/h4-13H,14-15H2,1-3H3,(H,30,32). The van der Waals surface area contributed by atoms with E-state index in [1.165, 1.54) is 26.4 Å². The van der Waals surface area contributed by atoms with Crippen LogP contribution < -0.4 is 19.1 Å². The predicted octanol–water partition coefficient (Wildman–Crippen LogP) is 5.20. The summed E-state index contributed by atoms with van der Waals surface area (Å²) in [6.07, 6.45) is -4.83. The van der Waals surface area contributed by atoms with Crippen molar-refractivity contribution in [3.63, 3.8) is 0 Å². The Hall–Kier alpha value is -3.44. The van der Waals surface area contributed by atoms with E-state index in [1.807, 2.05) is 0 Å². The molecular formula is C25H24ClF3N2O5S. The number of hydrogen-bond acceptors (Lipinski definition) is 5. The molecule has 0 saturated heterocycles. The van der Waals surface area contributed by atoms with Gasteiger partial charge in [-0.2, -0.15) is 13.2 Å². The molecule has 0 saturated carbocycles. The lowest BCUT2D eigenvalue weighted by Crippen LogP contribution is -2.40. The SMILES string of the molecule is COc1ccc(CNC(=O)CN(c2ccc(Cl)c(C(F)(F)F)c2)S(=O)(=O)c2ccc(C)cc2)cc1OC. The van der Waals surface area contributed by atoms with Gasteiger partial charge in [0.1, 0.15) is 6.54 Å². The van der Waals surface area contributed by atoms with Gasteiger partial charge in [0.2, 0.25) is 5.91 Å². The minimum atomic E-state index is -4.83. The average Bonchev–Trinajstić information content (AvgIpc) is 2.85. The van der Waals surface area contributed by atoms with Crippen molar-refractivity contribution in [1.82, 2.24) is 5.32 Å². The van der Waals surface area contributed by atoms with Crippen molar-refractivity contribution < 1.29 is 35.9 Å². The zero-order valence-electron chi connectivity index (χ0n) is 20.1. The van der Waals surface area contributed by atoms with Gasteiger partial charge in [0, 0.05) is 6.54 Å². The number of nitrogens with one attached hydrogen (secondary N) is 1. The maximum absolute atomic E-state index is 13.5. The fourth-order valence-electron chi connectivity index (χ4n) is 3.42. The normalized spacial score (nSPS) is 11.6. The highest BCUT2D eigenvalue weighted by molar-refractivity contribution is 7.92. The number of anilines is 1. The summed E-state index contributed by atoms with van der Waals surface area (Å²) < 4.78 is 78.4. The Morgan fingerprint density at radius 3 is 2.22 bits per heavy atom. The van der Waals surface area contributed by atoms with Crippen LogP contribution in [-0.4, -0.2) is 35.1 Å². The third kappa shape index (κ3) is 6.66. The molecular weight excluding hydrogens is 533 g/mol. The van der Waals surface area contributed by atoms with E-state index in [0.717, 1.165) is 17.7 Å². The van der Waals surface area contributed by atoms with Gasteiger partial charge in [-0.25, -0.2) is 8.42 Å². The second-order valence-electron chi connectivity index (χ2n) is 7.95. The minimum Gasteiger partial charge on any atom is -0.493 e. The van der Waals surface area contributed by atoms with Gasteiger partial charge in [0.15, 0.2) is 11.5 Å². The quantitative estimate of drug-likeness (QED) is 0.392. The average molecular weight is 557 g/mol. The fraction of sp³-hybridized carbons (Fsp3) is 0.240. The van der Waals surface area contributed by atoms with Crippen LogP contribution in [-0.2, 0) is 27.5 Å². The first kappa shape index (κ1) is 28.1. The number of amides is 1. The van der Waals surface area contributed by atoms with Crippen LogP contribution in [0.25, 0.3) is 0 Å². The smallest absolute Gasteiger partial charge is 0.417 e. The first-order valence-electron chi connectivity index (χ1n) is 10.8. The molecule has 12 heteroatoms. The molecule has 0 heterocycles. The maximum Gasteiger partial charge on any atom is 0.417 e. The summed E-state index contributed by atoms with van der Waals surface area (Å²) in [5.41, 5.74) is -0.172. The van der Waals surface area contributed by atoms with E-state index >= 15 is 0 Å². The molecule has 0 aliphatic carbocycles. The van der Waals surface area contributed by atoms with Gasteiger partial charge in [-0.05, 0) is 55.0 Å². The van der Waals surface area contributed by atoms with Crippen molar-refractivity contribution in [1.29, 1.82) is 0 Å². The molecule has 0 atom stereocenters. The lowest BCUT2D eigenvalue weighted by atomic mass is 10.2. The van der Waals surface area contributed by atoms with E-state index in [4.69, 9.17) is 21.1 Å². The van der Waals surface area contributed by atoms with Gasteiger partial charge in [-0.15, -0.1) is 0 Å². The van der Waals surface area contributed by atoms with Crippen molar-refractivity contribution in [3.05, 3.63) is 82.4 Å². The van der Waals surface area contributed by atoms with Crippen LogP contribution in [0, 0.1) is 6.92 Å². The van der Waals surface area contributed by atoms with Crippen molar-refractivity contribution >= 4 is 33.2 Å². The van der Waals surface area contributed by atoms with Crippen LogP contribution in [0.1, 0.15) is 16.7 Å². The predicted molar refractivity (Wildman–Crippen MR) is 134 cm³/mol. The Balaban J connectivity index is 1.94. The minimum absolute atomic E-state index is 0.00598. The molecule has 3 aromatic rings. The molecule has 0 unspecified atom stereocenters. The first-order valence-corrected chi connectivity index (χ1v) is 12.6. The van der Waals surface area contributed by atoms with Crippen molar-refractivity contribution in [2.24, 2.45) is 0 Å². The zero-order chi connectivity index (χ0) is 27.4. The number of hydrogen-bond donors (Lipinski definition) is 1. The van der Waals surface area contributed by atoms with Gasteiger partial charge in [-0.1, -0.05) is 35.4 Å². The Labute approximate surface area is 217 Å². The lowest BCUT2D eigenvalue weighted by Gasteiger charge is -2.25. The summed E-state index contributed by atoms with van der Waals surface area (Å²) >= 11 is 5.72. The third-order valence-corrected chi connectivity index (χ3v) is 7.49. The van der Waals surface area contributed by atoms with Gasteiger partial charge < -0.3 is 14.8 Å². The van der Waals surface area contributed by atoms with Crippen LogP contribution in [0.4, 0.5) is 18.9 Å². The number of alkyl halides is 3. The first-order chi connectivity index (χ1) is 17.4. The molecule has 198 valence electrons. The number of ether oxygens (including phenoxy) is 2. The monoisotopic (exact) mass is 556 g/mol. The molecule has 0 radical (unpaired) electrons.